The van der Waals surface area contributed by atoms with E-state index in [1.807, 2.05) is 13.8 Å². The van der Waals surface area contributed by atoms with E-state index in [0.29, 0.717) is 30.6 Å². The van der Waals surface area contributed by atoms with E-state index in [-0.39, 0.29) is 18.3 Å². The maximum atomic E-state index is 15.3. The van der Waals surface area contributed by atoms with Gasteiger partial charge in [0.05, 0.1) is 5.92 Å². The van der Waals surface area contributed by atoms with Crippen LogP contribution in [-0.2, 0) is 4.79 Å². The van der Waals surface area contributed by atoms with Crippen molar-refractivity contribution in [2.45, 2.75) is 85.0 Å². The van der Waals surface area contributed by atoms with E-state index >= 15 is 8.78 Å². The first-order valence-electron chi connectivity index (χ1n) is 10.9. The Morgan fingerprint density at radius 1 is 0.962 bits per heavy atom. The van der Waals surface area contributed by atoms with Crippen LogP contribution in [0.5, 0.6) is 0 Å². The smallest absolute Gasteiger partial charge is 0.307 e. The quantitative estimate of drug-likeness (QED) is 0.592. The van der Waals surface area contributed by atoms with Crippen LogP contribution in [0.25, 0.3) is 0 Å². The molecule has 0 bridgehead atoms. The highest BCUT2D eigenvalue weighted by Gasteiger charge is 2.70. The Hall–Kier alpha value is -0.670. The molecule has 8 unspecified atom stereocenters. The zero-order chi connectivity index (χ0) is 19.3. The molecule has 4 aliphatic carbocycles. The van der Waals surface area contributed by atoms with Crippen LogP contribution in [0.1, 0.15) is 79.1 Å². The number of rotatable bonds is 1. The van der Waals surface area contributed by atoms with Gasteiger partial charge in [0.25, 0.3) is 5.92 Å². The van der Waals surface area contributed by atoms with E-state index in [9.17, 15) is 9.90 Å². The normalized spacial score (nSPS) is 49.1. The fourth-order valence-corrected chi connectivity index (χ4v) is 7.44. The number of carboxylic acid groups (broad SMARTS) is 1. The maximum Gasteiger partial charge on any atom is 0.307 e. The van der Waals surface area contributed by atoms with Crippen LogP contribution in [0.4, 0.5) is 8.78 Å². The van der Waals surface area contributed by atoms with Crippen LogP contribution in [0.2, 0.25) is 0 Å². The average Bonchev–Trinajstić information content (AvgIpc) is 2.96. The molecule has 0 heterocycles. The predicted molar refractivity (Wildman–Crippen MR) is 99.1 cm³/mol. The van der Waals surface area contributed by atoms with Gasteiger partial charge in [-0.2, -0.15) is 0 Å². The standard InChI is InChI=1S/C20H30F2O2.C2H6/c1-11-3-5-13-12(9-11)4-6-14-15(13)10-20(21,22)19(2)16(14)7-8-17(19)18(23)24;1-2/h11-17H,3-10H2,1-2H3,(H,23,24);1-2H3. The van der Waals surface area contributed by atoms with E-state index in [4.69, 9.17) is 0 Å². The highest BCUT2D eigenvalue weighted by atomic mass is 19.3. The van der Waals surface area contributed by atoms with Crippen molar-refractivity contribution in [2.24, 2.45) is 46.8 Å². The van der Waals surface area contributed by atoms with Gasteiger partial charge < -0.3 is 5.11 Å². The molecule has 4 saturated carbocycles. The zero-order valence-corrected chi connectivity index (χ0v) is 16.8. The number of halogens is 2. The van der Waals surface area contributed by atoms with Crippen molar-refractivity contribution in [2.75, 3.05) is 0 Å². The minimum absolute atomic E-state index is 0.0655. The molecule has 4 rings (SSSR count). The van der Waals surface area contributed by atoms with Gasteiger partial charge in [0, 0.05) is 11.8 Å². The van der Waals surface area contributed by atoms with Gasteiger partial charge in [-0.05, 0) is 74.0 Å². The van der Waals surface area contributed by atoms with Gasteiger partial charge in [0.2, 0.25) is 0 Å². The molecule has 0 amide bonds. The molecular weight excluding hydrogens is 334 g/mol. The summed E-state index contributed by atoms with van der Waals surface area (Å²) in [6.45, 7) is 7.89. The van der Waals surface area contributed by atoms with Crippen LogP contribution in [0.15, 0.2) is 0 Å². The highest BCUT2D eigenvalue weighted by molar-refractivity contribution is 5.72. The topological polar surface area (TPSA) is 37.3 Å². The SMILES string of the molecule is CC.CC1CCC2C(CCC3C2CC(F)(F)C2(C)C(C(=O)O)CCC32)C1. The molecule has 2 nitrogen and oxygen atoms in total. The minimum Gasteiger partial charge on any atom is -0.481 e. The molecule has 8 atom stereocenters. The lowest BCUT2D eigenvalue weighted by molar-refractivity contribution is -0.229. The van der Waals surface area contributed by atoms with E-state index < -0.39 is 23.2 Å². The van der Waals surface area contributed by atoms with Crippen molar-refractivity contribution in [3.63, 3.8) is 0 Å². The third-order valence-electron chi connectivity index (χ3n) is 8.63. The van der Waals surface area contributed by atoms with Crippen LogP contribution < -0.4 is 0 Å². The summed E-state index contributed by atoms with van der Waals surface area (Å²) in [7, 11) is 0. The van der Waals surface area contributed by atoms with Gasteiger partial charge in [-0.25, -0.2) is 8.78 Å². The van der Waals surface area contributed by atoms with Gasteiger partial charge >= 0.3 is 5.97 Å². The molecule has 4 aliphatic rings. The molecule has 150 valence electrons. The first-order valence-corrected chi connectivity index (χ1v) is 10.9. The Kier molecular flexibility index (Phi) is 5.45. The first-order chi connectivity index (χ1) is 12.3. The Morgan fingerprint density at radius 3 is 2.27 bits per heavy atom. The summed E-state index contributed by atoms with van der Waals surface area (Å²) in [4.78, 5) is 11.6. The number of hydrogen-bond donors (Lipinski definition) is 1. The van der Waals surface area contributed by atoms with Crippen LogP contribution in [-0.4, -0.2) is 17.0 Å². The van der Waals surface area contributed by atoms with Crippen molar-refractivity contribution in [3.05, 3.63) is 0 Å². The van der Waals surface area contributed by atoms with Gasteiger partial charge in [-0.15, -0.1) is 0 Å². The number of carbonyl (C=O) groups is 1. The lowest BCUT2D eigenvalue weighted by Crippen LogP contribution is -2.59. The van der Waals surface area contributed by atoms with Gasteiger partial charge in [-0.1, -0.05) is 34.1 Å². The minimum atomic E-state index is -2.84. The lowest BCUT2D eigenvalue weighted by Gasteiger charge is -2.58. The maximum absolute atomic E-state index is 15.3. The summed E-state index contributed by atoms with van der Waals surface area (Å²) in [6, 6.07) is 0. The third kappa shape index (κ3) is 2.81. The van der Waals surface area contributed by atoms with E-state index in [1.165, 1.54) is 19.3 Å². The Labute approximate surface area is 157 Å². The summed E-state index contributed by atoms with van der Waals surface area (Å²) in [6.07, 6.45) is 6.75. The van der Waals surface area contributed by atoms with Crippen LogP contribution in [0, 0.1) is 46.8 Å². The van der Waals surface area contributed by atoms with Crippen molar-refractivity contribution >= 4 is 5.97 Å². The second-order valence-electron chi connectivity index (χ2n) is 9.51. The third-order valence-corrected chi connectivity index (χ3v) is 8.63. The molecule has 0 aliphatic heterocycles. The number of aliphatic carboxylic acids is 1. The van der Waals surface area contributed by atoms with E-state index in [2.05, 4.69) is 6.92 Å². The molecule has 0 radical (unpaired) electrons. The molecule has 4 heteroatoms. The van der Waals surface area contributed by atoms with Crippen LogP contribution in [0.3, 0.4) is 0 Å². The fourth-order valence-electron chi connectivity index (χ4n) is 7.44. The molecule has 0 aromatic carbocycles. The second kappa shape index (κ2) is 7.05. The fraction of sp³-hybridized carbons (Fsp3) is 0.955. The summed E-state index contributed by atoms with van der Waals surface area (Å²) in [5.74, 6) is -2.56. The Bertz CT molecular complexity index is 534. The van der Waals surface area contributed by atoms with E-state index in [0.717, 1.165) is 18.8 Å². The molecular formula is C22H36F2O2. The van der Waals surface area contributed by atoms with E-state index in [1.54, 1.807) is 6.92 Å². The molecule has 1 N–H and O–H groups in total. The lowest BCUT2D eigenvalue weighted by atomic mass is 9.48. The molecule has 26 heavy (non-hydrogen) atoms. The van der Waals surface area contributed by atoms with Crippen molar-refractivity contribution in [1.82, 2.24) is 0 Å². The highest BCUT2D eigenvalue weighted by Crippen LogP contribution is 2.68. The number of carboxylic acids is 1. The molecule has 4 fully saturated rings. The largest absolute Gasteiger partial charge is 0.481 e. The summed E-state index contributed by atoms with van der Waals surface area (Å²) in [5, 5.41) is 9.53. The second-order valence-corrected chi connectivity index (χ2v) is 9.51. The monoisotopic (exact) mass is 370 g/mol. The molecule has 0 spiro atoms. The number of hydrogen-bond acceptors (Lipinski definition) is 1. The number of fused-ring (bicyclic) bond motifs is 5. The number of alkyl halides is 2. The van der Waals surface area contributed by atoms with Gasteiger partial charge in [0.1, 0.15) is 0 Å². The summed E-state index contributed by atoms with van der Waals surface area (Å²) in [5.41, 5.74) is -1.34. The van der Waals surface area contributed by atoms with Gasteiger partial charge in [0.15, 0.2) is 0 Å². The van der Waals surface area contributed by atoms with Crippen molar-refractivity contribution in [3.8, 4) is 0 Å². The molecule has 0 aromatic heterocycles. The Balaban J connectivity index is 0.000000948. The van der Waals surface area contributed by atoms with Gasteiger partial charge in [-0.3, -0.25) is 4.79 Å². The van der Waals surface area contributed by atoms with Crippen LogP contribution >= 0.6 is 0 Å². The Morgan fingerprint density at radius 2 is 1.62 bits per heavy atom. The molecule has 0 aromatic rings. The summed E-state index contributed by atoms with van der Waals surface area (Å²) < 4.78 is 30.6. The van der Waals surface area contributed by atoms with Crippen molar-refractivity contribution in [1.29, 1.82) is 0 Å². The average molecular weight is 371 g/mol. The summed E-state index contributed by atoms with van der Waals surface area (Å²) >= 11 is 0. The first kappa shape index (κ1) is 20.1. The zero-order valence-electron chi connectivity index (χ0n) is 16.8. The predicted octanol–water partition coefficient (Wildman–Crippen LogP) is 6.25. The molecule has 0 saturated heterocycles. The van der Waals surface area contributed by atoms with Crippen molar-refractivity contribution < 1.29 is 18.7 Å².